The van der Waals surface area contributed by atoms with Gasteiger partial charge in [-0.05, 0) is 81.3 Å². The summed E-state index contributed by atoms with van der Waals surface area (Å²) < 4.78 is 20.1. The lowest BCUT2D eigenvalue weighted by Gasteiger charge is -2.42. The van der Waals surface area contributed by atoms with Gasteiger partial charge in [-0.2, -0.15) is 0 Å². The predicted molar refractivity (Wildman–Crippen MR) is 134 cm³/mol. The smallest absolute Gasteiger partial charge is 0.303 e. The van der Waals surface area contributed by atoms with E-state index in [9.17, 15) is 19.4 Å². The van der Waals surface area contributed by atoms with Crippen LogP contribution >= 0.6 is 0 Å². The van der Waals surface area contributed by atoms with Crippen molar-refractivity contribution in [3.05, 3.63) is 35.8 Å². The van der Waals surface area contributed by atoms with Crippen molar-refractivity contribution in [2.24, 2.45) is 11.3 Å². The molecule has 2 aromatic rings. The quantitative estimate of drug-likeness (QED) is 0.447. The van der Waals surface area contributed by atoms with E-state index in [1.165, 1.54) is 38.5 Å². The highest BCUT2D eigenvalue weighted by molar-refractivity contribution is 5.84. The van der Waals surface area contributed by atoms with Gasteiger partial charge in [-0.3, -0.25) is 9.78 Å². The Kier molecular flexibility index (Phi) is 8.60. The first-order chi connectivity index (χ1) is 16.9. The summed E-state index contributed by atoms with van der Waals surface area (Å²) in [7, 11) is 1.54. The standard InChI is InChI=1S/C28H39FN2O4/c1-35-21-7-8-24-22(17-21)27(23(29)19-30-24)25(32)9-11-28(18-26(33)34)12-15-31(16-13-28)14-10-20-5-3-2-4-6-20/h7-8,17,19-20,25,32H,2-6,9-16,18H2,1H3,(H,33,34)/t25-/m1/s1. The fourth-order valence-electron chi connectivity index (χ4n) is 6.15. The third-order valence-electron chi connectivity index (χ3n) is 8.37. The number of aromatic nitrogens is 1. The first-order valence-electron chi connectivity index (χ1n) is 13.1. The first-order valence-corrected chi connectivity index (χ1v) is 13.1. The topological polar surface area (TPSA) is 82.9 Å². The Balaban J connectivity index is 1.40. The third-order valence-corrected chi connectivity index (χ3v) is 8.37. The number of carbonyl (C=O) groups is 1. The summed E-state index contributed by atoms with van der Waals surface area (Å²) >= 11 is 0. The summed E-state index contributed by atoms with van der Waals surface area (Å²) in [5, 5.41) is 21.2. The van der Waals surface area contributed by atoms with Crippen LogP contribution in [0.2, 0.25) is 0 Å². The maximum Gasteiger partial charge on any atom is 0.303 e. The number of methoxy groups -OCH3 is 1. The number of likely N-dealkylation sites (tertiary alicyclic amines) is 1. The number of carboxylic acids is 1. The lowest BCUT2D eigenvalue weighted by molar-refractivity contribution is -0.141. The van der Waals surface area contributed by atoms with Gasteiger partial charge in [0.25, 0.3) is 0 Å². The van der Waals surface area contributed by atoms with Crippen molar-refractivity contribution in [1.29, 1.82) is 0 Å². The minimum Gasteiger partial charge on any atom is -0.497 e. The summed E-state index contributed by atoms with van der Waals surface area (Å²) in [5.41, 5.74) is 0.433. The van der Waals surface area contributed by atoms with Crippen molar-refractivity contribution in [1.82, 2.24) is 9.88 Å². The average Bonchev–Trinajstić information content (AvgIpc) is 2.87. The summed E-state index contributed by atoms with van der Waals surface area (Å²) in [6.07, 6.45) is 10.7. The fourth-order valence-corrected chi connectivity index (χ4v) is 6.15. The number of fused-ring (bicyclic) bond motifs is 1. The molecule has 2 fully saturated rings. The van der Waals surface area contributed by atoms with Gasteiger partial charge in [0.1, 0.15) is 11.6 Å². The van der Waals surface area contributed by atoms with Crippen LogP contribution in [-0.4, -0.2) is 52.8 Å². The molecule has 7 heteroatoms. The van der Waals surface area contributed by atoms with E-state index in [0.717, 1.165) is 44.6 Å². The van der Waals surface area contributed by atoms with Crippen LogP contribution in [0.3, 0.4) is 0 Å². The lowest BCUT2D eigenvalue weighted by Crippen LogP contribution is -2.42. The van der Waals surface area contributed by atoms with Crippen LogP contribution in [0.5, 0.6) is 5.75 Å². The van der Waals surface area contributed by atoms with Crippen LogP contribution in [0.15, 0.2) is 24.4 Å². The summed E-state index contributed by atoms with van der Waals surface area (Å²) in [6, 6.07) is 5.20. The molecular weight excluding hydrogens is 447 g/mol. The average molecular weight is 487 g/mol. The summed E-state index contributed by atoms with van der Waals surface area (Å²) in [5.74, 6) is 0.0538. The Hall–Kier alpha value is -2.25. The van der Waals surface area contributed by atoms with Crippen molar-refractivity contribution in [2.45, 2.75) is 76.7 Å². The number of halogens is 1. The monoisotopic (exact) mass is 486 g/mol. The molecule has 1 aliphatic carbocycles. The molecule has 2 aliphatic rings. The second-order valence-electron chi connectivity index (χ2n) is 10.7. The number of aliphatic hydroxyl groups is 1. The largest absolute Gasteiger partial charge is 0.497 e. The Morgan fingerprint density at radius 2 is 2.00 bits per heavy atom. The molecule has 192 valence electrons. The van der Waals surface area contributed by atoms with Gasteiger partial charge < -0.3 is 19.8 Å². The molecule has 0 radical (unpaired) electrons. The third kappa shape index (κ3) is 6.50. The van der Waals surface area contributed by atoms with E-state index in [1.807, 2.05) is 0 Å². The van der Waals surface area contributed by atoms with E-state index in [-0.39, 0.29) is 17.4 Å². The molecule has 0 spiro atoms. The van der Waals surface area contributed by atoms with Gasteiger partial charge in [-0.1, -0.05) is 32.1 Å². The Labute approximate surface area is 207 Å². The molecule has 2 heterocycles. The zero-order chi connectivity index (χ0) is 24.8. The van der Waals surface area contributed by atoms with Gasteiger partial charge in [0, 0.05) is 10.9 Å². The number of pyridine rings is 1. The predicted octanol–water partition coefficient (Wildman–Crippen LogP) is 5.72. The van der Waals surface area contributed by atoms with E-state index in [2.05, 4.69) is 9.88 Å². The van der Waals surface area contributed by atoms with Crippen molar-refractivity contribution in [2.75, 3.05) is 26.7 Å². The number of carboxylic acid groups (broad SMARTS) is 1. The van der Waals surface area contributed by atoms with Crippen LogP contribution in [0, 0.1) is 17.2 Å². The molecule has 1 saturated heterocycles. The second-order valence-corrected chi connectivity index (χ2v) is 10.7. The van der Waals surface area contributed by atoms with Crippen LogP contribution in [0.4, 0.5) is 4.39 Å². The normalized spacial score (nSPS) is 20.1. The lowest BCUT2D eigenvalue weighted by atomic mass is 9.71. The van der Waals surface area contributed by atoms with E-state index < -0.39 is 17.9 Å². The number of hydrogen-bond acceptors (Lipinski definition) is 5. The molecular formula is C28H39FN2O4. The Morgan fingerprint density at radius 1 is 1.26 bits per heavy atom. The number of piperidine rings is 1. The number of hydrogen-bond donors (Lipinski definition) is 2. The van der Waals surface area contributed by atoms with Crippen molar-refractivity contribution in [3.63, 3.8) is 0 Å². The van der Waals surface area contributed by atoms with Crippen molar-refractivity contribution >= 4 is 16.9 Å². The Morgan fingerprint density at radius 3 is 2.69 bits per heavy atom. The highest BCUT2D eigenvalue weighted by Crippen LogP contribution is 2.42. The SMILES string of the molecule is COc1ccc2ncc(F)c([C@H](O)CCC3(CC(=O)O)CCN(CCC4CCCCC4)CC3)c2c1. The molecule has 1 aromatic heterocycles. The molecule has 2 N–H and O–H groups in total. The number of aliphatic carboxylic acids is 1. The number of aliphatic hydroxyl groups excluding tert-OH is 1. The number of rotatable bonds is 10. The zero-order valence-corrected chi connectivity index (χ0v) is 20.8. The van der Waals surface area contributed by atoms with Gasteiger partial charge in [0.15, 0.2) is 0 Å². The fraction of sp³-hybridized carbons (Fsp3) is 0.643. The van der Waals surface area contributed by atoms with E-state index in [0.29, 0.717) is 29.5 Å². The van der Waals surface area contributed by atoms with Gasteiger partial charge in [0.2, 0.25) is 0 Å². The summed E-state index contributed by atoms with van der Waals surface area (Å²) in [4.78, 5) is 18.4. The first kappa shape index (κ1) is 25.8. The van der Waals surface area contributed by atoms with Crippen LogP contribution in [0.1, 0.15) is 82.3 Å². The van der Waals surface area contributed by atoms with Crippen LogP contribution in [-0.2, 0) is 4.79 Å². The molecule has 0 bridgehead atoms. The molecule has 4 rings (SSSR count). The minimum absolute atomic E-state index is 0.0869. The molecule has 1 aromatic carbocycles. The zero-order valence-electron chi connectivity index (χ0n) is 20.8. The van der Waals surface area contributed by atoms with Crippen LogP contribution in [0.25, 0.3) is 10.9 Å². The van der Waals surface area contributed by atoms with Crippen LogP contribution < -0.4 is 4.74 Å². The van der Waals surface area contributed by atoms with E-state index >= 15 is 0 Å². The highest BCUT2D eigenvalue weighted by atomic mass is 19.1. The van der Waals surface area contributed by atoms with Gasteiger partial charge >= 0.3 is 5.97 Å². The Bertz CT molecular complexity index is 1000. The van der Waals surface area contributed by atoms with Crippen molar-refractivity contribution in [3.8, 4) is 5.75 Å². The van der Waals surface area contributed by atoms with Gasteiger partial charge in [-0.15, -0.1) is 0 Å². The maximum atomic E-state index is 14.8. The summed E-state index contributed by atoms with van der Waals surface area (Å²) in [6.45, 7) is 2.87. The second kappa shape index (κ2) is 11.7. The highest BCUT2D eigenvalue weighted by Gasteiger charge is 2.37. The maximum absolute atomic E-state index is 14.8. The van der Waals surface area contributed by atoms with E-state index in [4.69, 9.17) is 4.74 Å². The number of nitrogens with zero attached hydrogens (tertiary/aromatic N) is 2. The van der Waals surface area contributed by atoms with Gasteiger partial charge in [-0.25, -0.2) is 4.39 Å². The number of ether oxygens (including phenoxy) is 1. The van der Waals surface area contributed by atoms with E-state index in [1.54, 1.807) is 25.3 Å². The van der Waals surface area contributed by atoms with Gasteiger partial charge in [0.05, 0.1) is 31.3 Å². The minimum atomic E-state index is -1.04. The van der Waals surface area contributed by atoms with Crippen molar-refractivity contribution < 1.29 is 24.1 Å². The molecule has 6 nitrogen and oxygen atoms in total. The molecule has 1 atom stereocenters. The molecule has 1 saturated carbocycles. The number of benzene rings is 1. The molecule has 1 aliphatic heterocycles. The molecule has 35 heavy (non-hydrogen) atoms. The molecule has 0 unspecified atom stereocenters. The molecule has 0 amide bonds.